The average molecular weight is 2050 g/mol. The lowest BCUT2D eigenvalue weighted by atomic mass is 9.71. The lowest BCUT2D eigenvalue weighted by molar-refractivity contribution is 0.158. The first-order valence-corrected chi connectivity index (χ1v) is 64.5. The van der Waals surface area contributed by atoms with E-state index in [1.807, 2.05) is 0 Å². The van der Waals surface area contributed by atoms with Gasteiger partial charge in [0, 0.05) is 48.3 Å². The van der Waals surface area contributed by atoms with Gasteiger partial charge in [-0.2, -0.15) is 0 Å². The summed E-state index contributed by atoms with van der Waals surface area (Å²) in [5.41, 5.74) is 34.9. The van der Waals surface area contributed by atoms with Gasteiger partial charge in [-0.3, -0.25) is 0 Å². The fourth-order valence-electron chi connectivity index (χ4n) is 29.0. The second kappa shape index (κ2) is 76.1. The molecule has 0 saturated heterocycles. The van der Waals surface area contributed by atoms with Crippen LogP contribution < -0.4 is 44.6 Å². The average Bonchev–Trinajstić information content (AvgIpc) is 0.852. The van der Waals surface area contributed by atoms with Crippen LogP contribution in [-0.4, -0.2) is 69.5 Å². The fourth-order valence-corrected chi connectivity index (χ4v) is 29.0. The highest BCUT2D eigenvalue weighted by atomic mass is 14.9. The molecular formula is C139H262N8. The molecule has 6 unspecified atom stereocenters. The topological polar surface area (TPSA) is 166 Å². The lowest BCUT2D eigenvalue weighted by Crippen LogP contribution is -2.38. The van der Waals surface area contributed by atoms with Gasteiger partial charge in [0.1, 0.15) is 0 Å². The van der Waals surface area contributed by atoms with Crippen LogP contribution in [0.25, 0.3) is 0 Å². The molecule has 12 saturated carbocycles. The summed E-state index contributed by atoms with van der Waals surface area (Å²) in [4.78, 5) is 0. The Morgan fingerprint density at radius 3 is 0.592 bits per heavy atom. The molecule has 0 spiro atoms. The van der Waals surface area contributed by atoms with E-state index in [9.17, 15) is 0 Å². The zero-order chi connectivity index (χ0) is 110. The highest BCUT2D eigenvalue weighted by Gasteiger charge is 2.37. The Balaban J connectivity index is 0.000000336. The van der Waals surface area contributed by atoms with Gasteiger partial charge in [0.2, 0.25) is 0 Å². The summed E-state index contributed by atoms with van der Waals surface area (Å²) in [5, 5.41) is 10.1. The molecule has 858 valence electrons. The van der Waals surface area contributed by atoms with Gasteiger partial charge in [0.15, 0.2) is 0 Å². The molecule has 3 aromatic carbocycles. The Bertz CT molecular complexity index is 3140. The maximum atomic E-state index is 6.29. The molecule has 0 radical (unpaired) electrons. The van der Waals surface area contributed by atoms with E-state index < -0.39 is 0 Å². The van der Waals surface area contributed by atoms with Crippen LogP contribution in [0.4, 0.5) is 0 Å². The van der Waals surface area contributed by atoms with E-state index in [1.54, 1.807) is 0 Å². The largest absolute Gasteiger partial charge is 0.328 e. The monoisotopic (exact) mass is 2040 g/mol. The highest BCUT2D eigenvalue weighted by Crippen LogP contribution is 2.44. The van der Waals surface area contributed by atoms with Crippen LogP contribution in [0.15, 0.2) is 91.0 Å². The van der Waals surface area contributed by atoms with Crippen LogP contribution in [0.2, 0.25) is 0 Å². The number of nitrogens with two attached hydrogens (primary N) is 5. The third-order valence-corrected chi connectivity index (χ3v) is 41.1. The Kier molecular flexibility index (Phi) is 70.7. The molecule has 18 atom stereocenters. The number of rotatable bonds is 21. The summed E-state index contributed by atoms with van der Waals surface area (Å²) >= 11 is 0. The third-order valence-electron chi connectivity index (χ3n) is 41.1. The van der Waals surface area contributed by atoms with E-state index in [4.69, 9.17) is 28.7 Å². The van der Waals surface area contributed by atoms with E-state index in [0.29, 0.717) is 48.0 Å². The van der Waals surface area contributed by atoms with E-state index >= 15 is 0 Å². The van der Waals surface area contributed by atoms with Crippen LogP contribution in [0, 0.1) is 201 Å². The van der Waals surface area contributed by atoms with Gasteiger partial charge in [0.25, 0.3) is 0 Å². The van der Waals surface area contributed by atoms with E-state index in [-0.39, 0.29) is 0 Å². The smallest absolute Gasteiger partial charge is 0.00705 e. The Labute approximate surface area is 920 Å². The lowest BCUT2D eigenvalue weighted by Gasteiger charge is -2.36. The molecule has 12 aliphatic rings. The highest BCUT2D eigenvalue weighted by molar-refractivity contribution is 5.18. The molecule has 0 amide bonds. The summed E-state index contributed by atoms with van der Waals surface area (Å²) < 4.78 is 0. The van der Waals surface area contributed by atoms with Gasteiger partial charge < -0.3 is 44.6 Å². The van der Waals surface area contributed by atoms with Gasteiger partial charge in [-0.15, -0.1) is 0 Å². The van der Waals surface area contributed by atoms with Crippen LogP contribution in [0.5, 0.6) is 0 Å². The minimum Gasteiger partial charge on any atom is -0.328 e. The van der Waals surface area contributed by atoms with Crippen LogP contribution in [0.3, 0.4) is 0 Å². The molecule has 12 aliphatic carbocycles. The van der Waals surface area contributed by atoms with Crippen molar-refractivity contribution < 1.29 is 0 Å². The van der Waals surface area contributed by atoms with Crippen molar-refractivity contribution >= 4 is 0 Å². The molecule has 12 fully saturated rings. The SMILES string of the molecule is CC(C)C1CCC(N)C(Cc2ccccc2)C1.CC(C)C1CCC(N)CC1.CC(C)[C@@H]1CC[C@@H](N)C[C@@H]1C.CC(C)[C@@H]1CC[C@@H](N)[C@H](Cc2ccccc2)C1.CC(C)[C@H]1CC[C@@H](C)C[C@H]1C.CC(C)[C@H]1CC[C@@H](N)[C@@H](Cc2ccccc2)C1.CC1CCC(C(C)C)C(C)C1.CC1CCC(C(C)C)CC1.CC1CCC(C(C)C)CC1.CNC1CCC(C(C)C)CC1.CNC1CCC(C(C)C)CC1.CNC1CCC(C(C)C)CC1. The number of benzene rings is 3. The van der Waals surface area contributed by atoms with Crippen molar-refractivity contribution in [2.24, 2.45) is 230 Å². The molecule has 0 aliphatic heterocycles. The van der Waals surface area contributed by atoms with E-state index in [0.717, 1.165) is 221 Å². The molecule has 0 heterocycles. The van der Waals surface area contributed by atoms with Gasteiger partial charge in [-0.05, 0) is 489 Å². The van der Waals surface area contributed by atoms with Gasteiger partial charge >= 0.3 is 0 Å². The van der Waals surface area contributed by atoms with Crippen molar-refractivity contribution in [3.63, 3.8) is 0 Å². The summed E-state index contributed by atoms with van der Waals surface area (Å²) in [6.45, 7) is 73.2. The van der Waals surface area contributed by atoms with Crippen LogP contribution in [-0.2, 0) is 19.3 Å². The summed E-state index contributed by atoms with van der Waals surface area (Å²) in [5.74, 6) is 30.9. The van der Waals surface area contributed by atoms with Crippen molar-refractivity contribution in [3.05, 3.63) is 108 Å². The van der Waals surface area contributed by atoms with Crippen molar-refractivity contribution in [2.45, 2.75) is 552 Å². The van der Waals surface area contributed by atoms with Gasteiger partial charge in [-0.1, -0.05) is 344 Å². The molecule has 15 rings (SSSR count). The van der Waals surface area contributed by atoms with Gasteiger partial charge in [-0.25, -0.2) is 0 Å². The minimum absolute atomic E-state index is 0.408. The summed E-state index contributed by atoms with van der Waals surface area (Å²) in [6, 6.07) is 37.0. The predicted molar refractivity (Wildman–Crippen MR) is 657 cm³/mol. The molecule has 3 aromatic rings. The molecule has 8 nitrogen and oxygen atoms in total. The van der Waals surface area contributed by atoms with Crippen LogP contribution in [0.1, 0.15) is 501 Å². The fraction of sp³-hybridized carbons (Fsp3) is 0.871. The Hall–Kier alpha value is -2.66. The number of hydrogen-bond acceptors (Lipinski definition) is 8. The number of nitrogens with one attached hydrogen (secondary N) is 3. The number of hydrogen-bond donors (Lipinski definition) is 8. The van der Waals surface area contributed by atoms with Crippen LogP contribution >= 0.6 is 0 Å². The first kappa shape index (κ1) is 137. The third kappa shape index (κ3) is 56.4. The minimum atomic E-state index is 0.408. The molecule has 0 bridgehead atoms. The van der Waals surface area contributed by atoms with Crippen molar-refractivity contribution in [3.8, 4) is 0 Å². The Morgan fingerprint density at radius 2 is 0.388 bits per heavy atom. The molecule has 13 N–H and O–H groups in total. The predicted octanol–water partition coefficient (Wildman–Crippen LogP) is 37.1. The van der Waals surface area contributed by atoms with E-state index in [2.05, 4.69) is 343 Å². The summed E-state index contributed by atoms with van der Waals surface area (Å²) in [6.07, 6.45) is 61.6. The maximum absolute atomic E-state index is 6.29. The standard InChI is InChI=1S/3C16H25N.2C11H22.4C10H21N.2C10H20.C9H19N/c3*1-12(2)14-8-9-16(17)15(11-14)10-13-6-4-3-5-7-13;2*1-8(2)11-6-5-9(3)7-10(11)4;3*1-8(2)9-4-6-10(11-3)7-5-9;1-7(2)10-5-4-9(11)6-8(10)3;2*1-8(2)10-6-4-9(3)5-7-10;1-7(2)8-3-5-9(10)6-4-8/h3*3-7,12,14-16H,8-11,17H2,1-2H3;2*8-11H,5-7H2,1-4H3;3*8-11H,4-7H2,1-3H3;7-10H,4-6,11H2,1-3H3;2*8-10H,4-7H2,1-3H3;7-9H,3-6,10H2,1-2H3/t14-,15-,16+;14-,15-,16-;;9-,10-,11-;;;;;8-,9+,10-;;;/m01.1....0.../s1. The molecular weight excluding hydrogens is 1780 g/mol. The van der Waals surface area contributed by atoms with Crippen molar-refractivity contribution in [1.29, 1.82) is 0 Å². The zero-order valence-electron chi connectivity index (χ0n) is 105. The van der Waals surface area contributed by atoms with Crippen molar-refractivity contribution in [2.75, 3.05) is 21.1 Å². The zero-order valence-corrected chi connectivity index (χ0v) is 105. The first-order valence-electron chi connectivity index (χ1n) is 64.5. The van der Waals surface area contributed by atoms with Crippen molar-refractivity contribution in [1.82, 2.24) is 16.0 Å². The Morgan fingerprint density at radius 1 is 0.197 bits per heavy atom. The summed E-state index contributed by atoms with van der Waals surface area (Å²) in [7, 11) is 6.25. The maximum Gasteiger partial charge on any atom is 0.00705 e. The second-order valence-corrected chi connectivity index (χ2v) is 56.7. The van der Waals surface area contributed by atoms with Gasteiger partial charge in [0.05, 0.1) is 0 Å². The van der Waals surface area contributed by atoms with E-state index in [1.165, 1.54) is 286 Å². The quantitative estimate of drug-likeness (QED) is 0.0522. The first-order chi connectivity index (χ1) is 69.6. The second-order valence-electron chi connectivity index (χ2n) is 56.7. The molecule has 147 heavy (non-hydrogen) atoms. The normalized spacial score (nSPS) is 33.6. The molecule has 8 heteroatoms. The molecule has 0 aromatic heterocycles.